The number of carboxylic acids is 1. The first-order valence-corrected chi connectivity index (χ1v) is 8.01. The third-order valence-corrected chi connectivity index (χ3v) is 4.94. The number of hydrogen-bond acceptors (Lipinski definition) is 2. The van der Waals surface area contributed by atoms with Crippen LogP contribution in [0.25, 0.3) is 0 Å². The summed E-state index contributed by atoms with van der Waals surface area (Å²) in [6.07, 6.45) is 2.58. The molecule has 3 atom stereocenters. The Morgan fingerprint density at radius 2 is 1.90 bits per heavy atom. The number of carboxylic acid groups (broad SMARTS) is 1. The van der Waals surface area contributed by atoms with Gasteiger partial charge in [-0.25, -0.2) is 4.79 Å². The summed E-state index contributed by atoms with van der Waals surface area (Å²) in [5, 5.41) is 12.5. The van der Waals surface area contributed by atoms with E-state index in [2.05, 4.69) is 19.2 Å². The molecule has 0 bridgehead atoms. The average molecular weight is 298 g/mol. The normalized spacial score (nSPS) is 25.0. The highest BCUT2D eigenvalue weighted by Crippen LogP contribution is 2.38. The molecule has 1 aliphatic heterocycles. The molecule has 1 heterocycles. The second-order valence-electron chi connectivity index (χ2n) is 6.89. The molecule has 0 aromatic carbocycles. The standard InChI is InChI=1S/C16H30N2O3/c1-6-12(4)9-13(5)17-15(21)18-8-7-16(10-18,11(2)3)14(19)20/h11-13H,6-10H2,1-5H3,(H,17,21)(H,19,20). The number of carbonyl (C=O) groups is 2. The van der Waals surface area contributed by atoms with Gasteiger partial charge in [0.2, 0.25) is 0 Å². The van der Waals surface area contributed by atoms with Crippen LogP contribution in [0.5, 0.6) is 0 Å². The van der Waals surface area contributed by atoms with Gasteiger partial charge in [0.15, 0.2) is 0 Å². The van der Waals surface area contributed by atoms with Crippen molar-refractivity contribution in [2.45, 2.75) is 59.9 Å². The Labute approximate surface area is 128 Å². The first-order chi connectivity index (χ1) is 9.72. The molecule has 3 unspecified atom stereocenters. The zero-order valence-corrected chi connectivity index (χ0v) is 14.0. The van der Waals surface area contributed by atoms with Gasteiger partial charge in [0.1, 0.15) is 0 Å². The maximum absolute atomic E-state index is 12.3. The Hall–Kier alpha value is -1.26. The maximum atomic E-state index is 12.3. The van der Waals surface area contributed by atoms with Crippen molar-refractivity contribution < 1.29 is 14.7 Å². The summed E-state index contributed by atoms with van der Waals surface area (Å²) in [5.74, 6) is -0.196. The topological polar surface area (TPSA) is 69.6 Å². The monoisotopic (exact) mass is 298 g/mol. The van der Waals surface area contributed by atoms with Gasteiger partial charge in [-0.2, -0.15) is 0 Å². The van der Waals surface area contributed by atoms with Crippen molar-refractivity contribution in [3.05, 3.63) is 0 Å². The molecule has 5 nitrogen and oxygen atoms in total. The van der Waals surface area contributed by atoms with Crippen LogP contribution in [-0.4, -0.2) is 41.1 Å². The number of nitrogens with zero attached hydrogens (tertiary/aromatic N) is 1. The van der Waals surface area contributed by atoms with Gasteiger partial charge in [-0.05, 0) is 31.6 Å². The SMILES string of the molecule is CCC(C)CC(C)NC(=O)N1CCC(C(=O)O)(C(C)C)C1. The zero-order chi connectivity index (χ0) is 16.2. The van der Waals surface area contributed by atoms with Crippen molar-refractivity contribution >= 4 is 12.0 Å². The summed E-state index contributed by atoms with van der Waals surface area (Å²) in [6, 6.07) is -0.0130. The summed E-state index contributed by atoms with van der Waals surface area (Å²) in [4.78, 5) is 25.5. The largest absolute Gasteiger partial charge is 0.481 e. The Kier molecular flexibility index (Phi) is 6.05. The summed E-state index contributed by atoms with van der Waals surface area (Å²) in [6.45, 7) is 11.0. The van der Waals surface area contributed by atoms with E-state index < -0.39 is 11.4 Å². The van der Waals surface area contributed by atoms with Gasteiger partial charge < -0.3 is 15.3 Å². The van der Waals surface area contributed by atoms with Crippen LogP contribution in [0.4, 0.5) is 4.79 Å². The quantitative estimate of drug-likeness (QED) is 0.792. The van der Waals surface area contributed by atoms with Crippen LogP contribution in [0, 0.1) is 17.3 Å². The minimum Gasteiger partial charge on any atom is -0.481 e. The Bertz CT molecular complexity index is 384. The van der Waals surface area contributed by atoms with E-state index in [1.54, 1.807) is 4.90 Å². The van der Waals surface area contributed by atoms with Gasteiger partial charge in [-0.1, -0.05) is 34.1 Å². The number of hydrogen-bond donors (Lipinski definition) is 2. The van der Waals surface area contributed by atoms with Crippen molar-refractivity contribution in [1.29, 1.82) is 0 Å². The Morgan fingerprint density at radius 3 is 2.33 bits per heavy atom. The number of aliphatic carboxylic acids is 1. The summed E-state index contributed by atoms with van der Waals surface area (Å²) in [5.41, 5.74) is -0.794. The van der Waals surface area contributed by atoms with E-state index in [1.807, 2.05) is 20.8 Å². The highest BCUT2D eigenvalue weighted by Gasteiger charge is 2.48. The molecule has 0 radical (unpaired) electrons. The molecule has 21 heavy (non-hydrogen) atoms. The number of nitrogens with one attached hydrogen (secondary N) is 1. The number of carbonyl (C=O) groups excluding carboxylic acids is 1. The first kappa shape index (κ1) is 17.8. The highest BCUT2D eigenvalue weighted by atomic mass is 16.4. The highest BCUT2D eigenvalue weighted by molar-refractivity contribution is 5.80. The van der Waals surface area contributed by atoms with E-state index in [0.29, 0.717) is 25.4 Å². The number of amides is 2. The van der Waals surface area contributed by atoms with E-state index in [-0.39, 0.29) is 18.0 Å². The number of rotatable bonds is 6. The van der Waals surface area contributed by atoms with Crippen molar-refractivity contribution in [3.8, 4) is 0 Å². The Balaban J connectivity index is 2.60. The van der Waals surface area contributed by atoms with Crippen LogP contribution in [0.3, 0.4) is 0 Å². The molecule has 0 aliphatic carbocycles. The van der Waals surface area contributed by atoms with Crippen molar-refractivity contribution in [2.24, 2.45) is 17.3 Å². The van der Waals surface area contributed by atoms with E-state index in [0.717, 1.165) is 12.8 Å². The smallest absolute Gasteiger partial charge is 0.317 e. The molecular formula is C16H30N2O3. The lowest BCUT2D eigenvalue weighted by atomic mass is 9.76. The molecule has 2 N–H and O–H groups in total. The zero-order valence-electron chi connectivity index (χ0n) is 14.0. The van der Waals surface area contributed by atoms with E-state index in [4.69, 9.17) is 0 Å². The second kappa shape index (κ2) is 7.14. The molecule has 1 fully saturated rings. The van der Waals surface area contributed by atoms with Gasteiger partial charge in [0, 0.05) is 19.1 Å². The minimum absolute atomic E-state index is 0.0188. The van der Waals surface area contributed by atoms with Crippen LogP contribution in [0.1, 0.15) is 53.9 Å². The molecule has 0 aromatic heterocycles. The van der Waals surface area contributed by atoms with Crippen LogP contribution in [-0.2, 0) is 4.79 Å². The van der Waals surface area contributed by atoms with E-state index >= 15 is 0 Å². The fourth-order valence-corrected chi connectivity index (χ4v) is 3.03. The molecule has 122 valence electrons. The van der Waals surface area contributed by atoms with Crippen LogP contribution in [0.15, 0.2) is 0 Å². The van der Waals surface area contributed by atoms with Crippen molar-refractivity contribution in [1.82, 2.24) is 10.2 Å². The Morgan fingerprint density at radius 1 is 1.29 bits per heavy atom. The van der Waals surface area contributed by atoms with E-state index in [9.17, 15) is 14.7 Å². The van der Waals surface area contributed by atoms with Gasteiger partial charge in [-0.15, -0.1) is 0 Å². The fourth-order valence-electron chi connectivity index (χ4n) is 3.03. The van der Waals surface area contributed by atoms with Gasteiger partial charge in [0.05, 0.1) is 5.41 Å². The molecule has 0 spiro atoms. The van der Waals surface area contributed by atoms with E-state index in [1.165, 1.54) is 0 Å². The first-order valence-electron chi connectivity index (χ1n) is 8.01. The summed E-state index contributed by atoms with van der Waals surface area (Å²) in [7, 11) is 0. The molecule has 1 saturated heterocycles. The maximum Gasteiger partial charge on any atom is 0.317 e. The van der Waals surface area contributed by atoms with Gasteiger partial charge in [-0.3, -0.25) is 4.79 Å². The predicted octanol–water partition coefficient (Wildman–Crippen LogP) is 2.95. The summed E-state index contributed by atoms with van der Waals surface area (Å²) < 4.78 is 0. The van der Waals surface area contributed by atoms with Crippen molar-refractivity contribution in [3.63, 3.8) is 0 Å². The second-order valence-corrected chi connectivity index (χ2v) is 6.89. The third kappa shape index (κ3) is 4.11. The van der Waals surface area contributed by atoms with Crippen LogP contribution >= 0.6 is 0 Å². The summed E-state index contributed by atoms with van der Waals surface area (Å²) >= 11 is 0. The molecule has 1 aliphatic rings. The lowest BCUT2D eigenvalue weighted by Crippen LogP contribution is -2.46. The molecule has 2 amide bonds. The van der Waals surface area contributed by atoms with Gasteiger partial charge >= 0.3 is 12.0 Å². The molecule has 0 saturated carbocycles. The lowest BCUT2D eigenvalue weighted by Gasteiger charge is -2.29. The third-order valence-electron chi connectivity index (χ3n) is 4.94. The molecule has 0 aromatic rings. The molecular weight excluding hydrogens is 268 g/mol. The lowest BCUT2D eigenvalue weighted by molar-refractivity contribution is -0.150. The molecule has 5 heteroatoms. The number of urea groups is 1. The molecule has 1 rings (SSSR count). The predicted molar refractivity (Wildman–Crippen MR) is 83.2 cm³/mol. The van der Waals surface area contributed by atoms with Gasteiger partial charge in [0.25, 0.3) is 0 Å². The van der Waals surface area contributed by atoms with Crippen LogP contribution in [0.2, 0.25) is 0 Å². The number of likely N-dealkylation sites (tertiary alicyclic amines) is 1. The average Bonchev–Trinajstić information content (AvgIpc) is 2.84. The van der Waals surface area contributed by atoms with Crippen molar-refractivity contribution in [2.75, 3.05) is 13.1 Å². The minimum atomic E-state index is -0.794. The fraction of sp³-hybridized carbons (Fsp3) is 0.875. The van der Waals surface area contributed by atoms with Crippen LogP contribution < -0.4 is 5.32 Å².